The third-order valence-corrected chi connectivity index (χ3v) is 4.19. The summed E-state index contributed by atoms with van der Waals surface area (Å²) in [6.45, 7) is 8.36. The zero-order valence-corrected chi connectivity index (χ0v) is 16.8. The fourth-order valence-corrected chi connectivity index (χ4v) is 2.82. The van der Waals surface area contributed by atoms with E-state index in [0.717, 1.165) is 28.0 Å². The maximum atomic E-state index is 6.14. The van der Waals surface area contributed by atoms with Gasteiger partial charge in [0.15, 0.2) is 5.65 Å². The van der Waals surface area contributed by atoms with Crippen molar-refractivity contribution in [3.05, 3.63) is 30.6 Å². The minimum atomic E-state index is -0.233. The van der Waals surface area contributed by atoms with Crippen molar-refractivity contribution in [3.63, 3.8) is 0 Å². The van der Waals surface area contributed by atoms with Gasteiger partial charge in [-0.1, -0.05) is 0 Å². The number of fused-ring (bicyclic) bond motifs is 1. The van der Waals surface area contributed by atoms with E-state index in [1.165, 1.54) is 6.33 Å². The molecule has 0 saturated carbocycles. The van der Waals surface area contributed by atoms with Crippen molar-refractivity contribution in [1.82, 2.24) is 19.7 Å². The summed E-state index contributed by atoms with van der Waals surface area (Å²) in [7, 11) is 1.65. The molecule has 0 saturated heterocycles. The zero-order valence-electron chi connectivity index (χ0n) is 16.8. The quantitative estimate of drug-likeness (QED) is 0.595. The number of ether oxygens (including phenoxy) is 3. The largest absolute Gasteiger partial charge is 0.491 e. The molecule has 1 aromatic carbocycles. The molecule has 150 valence electrons. The van der Waals surface area contributed by atoms with Crippen molar-refractivity contribution in [3.8, 4) is 17.0 Å². The molecule has 0 amide bonds. The number of anilines is 1. The van der Waals surface area contributed by atoms with Crippen LogP contribution in [0.5, 0.6) is 5.75 Å². The van der Waals surface area contributed by atoms with Crippen molar-refractivity contribution in [1.29, 1.82) is 0 Å². The Kier molecular flexibility index (Phi) is 6.11. The Hall–Kier alpha value is -2.71. The smallest absolute Gasteiger partial charge is 0.164 e. The number of methoxy groups -OCH3 is 1. The summed E-state index contributed by atoms with van der Waals surface area (Å²) in [5.41, 5.74) is 8.33. The molecular formula is C20H27N5O3. The molecule has 2 heterocycles. The van der Waals surface area contributed by atoms with E-state index in [9.17, 15) is 0 Å². The molecule has 2 N–H and O–H groups in total. The van der Waals surface area contributed by atoms with Gasteiger partial charge < -0.3 is 19.9 Å². The molecule has 8 heteroatoms. The van der Waals surface area contributed by atoms with Crippen LogP contribution in [0.3, 0.4) is 0 Å². The summed E-state index contributed by atoms with van der Waals surface area (Å²) in [6, 6.07) is 7.74. The van der Waals surface area contributed by atoms with Crippen molar-refractivity contribution in [2.75, 3.05) is 39.3 Å². The molecule has 0 radical (unpaired) electrons. The fraction of sp³-hybridized carbons (Fsp3) is 0.450. The van der Waals surface area contributed by atoms with Crippen LogP contribution in [-0.2, 0) is 15.0 Å². The molecule has 3 rings (SSSR count). The summed E-state index contributed by atoms with van der Waals surface area (Å²) in [5, 5.41) is 5.55. The molecule has 2 aromatic heterocycles. The predicted molar refractivity (Wildman–Crippen MR) is 108 cm³/mol. The number of benzene rings is 1. The number of nitrogens with two attached hydrogens (primary N) is 1. The van der Waals surface area contributed by atoms with Crippen LogP contribution in [0.4, 0.5) is 5.82 Å². The van der Waals surface area contributed by atoms with E-state index >= 15 is 0 Å². The third-order valence-electron chi connectivity index (χ3n) is 4.19. The maximum Gasteiger partial charge on any atom is 0.164 e. The van der Waals surface area contributed by atoms with E-state index in [-0.39, 0.29) is 5.54 Å². The van der Waals surface area contributed by atoms with E-state index in [2.05, 4.69) is 30.7 Å². The van der Waals surface area contributed by atoms with Gasteiger partial charge >= 0.3 is 0 Å². The normalized spacial score (nSPS) is 11.9. The Bertz CT molecular complexity index is 916. The highest BCUT2D eigenvalue weighted by molar-refractivity contribution is 5.98. The van der Waals surface area contributed by atoms with E-state index in [4.69, 9.17) is 25.0 Å². The lowest BCUT2D eigenvalue weighted by Crippen LogP contribution is -2.23. The molecule has 0 fully saturated rings. The standard InChI is InChI=1S/C20H27N5O3/c1-20(2,3)25-19-16(18(21)22-13-23-19)17(24-25)14-5-7-15(8-6-14)28-12-11-27-10-9-26-4/h5-8,13H,9-12H2,1-4H3,(H2,21,22,23). The lowest BCUT2D eigenvalue weighted by atomic mass is 10.1. The summed E-state index contributed by atoms with van der Waals surface area (Å²) >= 11 is 0. The highest BCUT2D eigenvalue weighted by atomic mass is 16.5. The minimum absolute atomic E-state index is 0.233. The molecule has 0 unspecified atom stereocenters. The van der Waals surface area contributed by atoms with Gasteiger partial charge in [0.2, 0.25) is 0 Å². The molecule has 0 spiro atoms. The van der Waals surface area contributed by atoms with Crippen molar-refractivity contribution in [2.24, 2.45) is 0 Å². The van der Waals surface area contributed by atoms with Gasteiger partial charge in [-0.2, -0.15) is 5.10 Å². The molecule has 0 aliphatic rings. The number of hydrogen-bond donors (Lipinski definition) is 1. The van der Waals surface area contributed by atoms with Gasteiger partial charge in [-0.05, 0) is 45.0 Å². The minimum Gasteiger partial charge on any atom is -0.491 e. The highest BCUT2D eigenvalue weighted by Crippen LogP contribution is 2.33. The monoisotopic (exact) mass is 385 g/mol. The van der Waals surface area contributed by atoms with Crippen LogP contribution < -0.4 is 10.5 Å². The molecule has 0 bridgehead atoms. The summed E-state index contributed by atoms with van der Waals surface area (Å²) in [6.07, 6.45) is 1.47. The Morgan fingerprint density at radius 1 is 1.00 bits per heavy atom. The van der Waals surface area contributed by atoms with Gasteiger partial charge in [0.25, 0.3) is 0 Å². The highest BCUT2D eigenvalue weighted by Gasteiger charge is 2.23. The predicted octanol–water partition coefficient (Wildman–Crippen LogP) is 2.87. The molecular weight excluding hydrogens is 358 g/mol. The van der Waals surface area contributed by atoms with Crippen LogP contribution in [0, 0.1) is 0 Å². The number of hydrogen-bond acceptors (Lipinski definition) is 7. The Labute approximate surface area is 164 Å². The molecule has 3 aromatic rings. The first-order valence-corrected chi connectivity index (χ1v) is 9.21. The lowest BCUT2D eigenvalue weighted by Gasteiger charge is -2.19. The summed E-state index contributed by atoms with van der Waals surface area (Å²) in [5.74, 6) is 1.19. The first kappa shape index (κ1) is 20.0. The topological polar surface area (TPSA) is 97.3 Å². The first-order chi connectivity index (χ1) is 13.4. The molecule has 0 aliphatic heterocycles. The number of aromatic nitrogens is 4. The van der Waals surface area contributed by atoms with Gasteiger partial charge in [-0.15, -0.1) is 0 Å². The van der Waals surface area contributed by atoms with E-state index < -0.39 is 0 Å². The number of nitrogen functional groups attached to an aromatic ring is 1. The lowest BCUT2D eigenvalue weighted by molar-refractivity contribution is 0.0544. The number of nitrogens with zero attached hydrogens (tertiary/aromatic N) is 4. The van der Waals surface area contributed by atoms with Crippen LogP contribution in [0.25, 0.3) is 22.3 Å². The van der Waals surface area contributed by atoms with Gasteiger partial charge in [0.1, 0.15) is 30.2 Å². The van der Waals surface area contributed by atoms with Gasteiger partial charge in [0, 0.05) is 12.7 Å². The fourth-order valence-electron chi connectivity index (χ4n) is 2.82. The zero-order chi connectivity index (χ0) is 20.1. The molecule has 28 heavy (non-hydrogen) atoms. The Morgan fingerprint density at radius 3 is 2.39 bits per heavy atom. The maximum absolute atomic E-state index is 6.14. The average molecular weight is 385 g/mol. The van der Waals surface area contributed by atoms with Gasteiger partial charge in [0.05, 0.1) is 30.7 Å². The Morgan fingerprint density at radius 2 is 1.71 bits per heavy atom. The third kappa shape index (κ3) is 4.40. The van der Waals surface area contributed by atoms with E-state index in [1.54, 1.807) is 7.11 Å². The second-order valence-corrected chi connectivity index (χ2v) is 7.37. The van der Waals surface area contributed by atoms with Gasteiger partial charge in [-0.3, -0.25) is 0 Å². The van der Waals surface area contributed by atoms with Crippen molar-refractivity contribution in [2.45, 2.75) is 26.3 Å². The molecule has 0 aliphatic carbocycles. The Balaban J connectivity index is 1.80. The second-order valence-electron chi connectivity index (χ2n) is 7.37. The molecule has 0 atom stereocenters. The second kappa shape index (κ2) is 8.53. The first-order valence-electron chi connectivity index (χ1n) is 9.21. The average Bonchev–Trinajstić information content (AvgIpc) is 3.06. The SMILES string of the molecule is COCCOCCOc1ccc(-c2nn(C(C)(C)C)c3ncnc(N)c23)cc1. The van der Waals surface area contributed by atoms with E-state index in [1.807, 2.05) is 28.9 Å². The van der Waals surface area contributed by atoms with Crippen LogP contribution >= 0.6 is 0 Å². The van der Waals surface area contributed by atoms with Gasteiger partial charge in [-0.25, -0.2) is 14.6 Å². The number of rotatable bonds is 8. The van der Waals surface area contributed by atoms with Crippen molar-refractivity contribution < 1.29 is 14.2 Å². The summed E-state index contributed by atoms with van der Waals surface area (Å²) in [4.78, 5) is 8.55. The van der Waals surface area contributed by atoms with E-state index in [0.29, 0.717) is 32.2 Å². The van der Waals surface area contributed by atoms with Crippen molar-refractivity contribution >= 4 is 16.9 Å². The molecule has 8 nitrogen and oxygen atoms in total. The van der Waals surface area contributed by atoms with Crippen LogP contribution in [0.15, 0.2) is 30.6 Å². The van der Waals surface area contributed by atoms with Crippen LogP contribution in [-0.4, -0.2) is 53.3 Å². The van der Waals surface area contributed by atoms with Crippen LogP contribution in [0.1, 0.15) is 20.8 Å². The summed E-state index contributed by atoms with van der Waals surface area (Å²) < 4.78 is 17.9. The van der Waals surface area contributed by atoms with Crippen LogP contribution in [0.2, 0.25) is 0 Å².